The van der Waals surface area contributed by atoms with Crippen molar-refractivity contribution in [1.82, 2.24) is 20.3 Å². The van der Waals surface area contributed by atoms with E-state index in [1.165, 1.54) is 11.6 Å². The normalized spacial score (nSPS) is 16.1. The van der Waals surface area contributed by atoms with E-state index in [9.17, 15) is 13.2 Å². The number of aromatic nitrogens is 3. The van der Waals surface area contributed by atoms with Gasteiger partial charge in [-0.25, -0.2) is 18.4 Å². The van der Waals surface area contributed by atoms with Gasteiger partial charge in [-0.2, -0.15) is 0 Å². The molecule has 0 spiro atoms. The molecule has 10 nitrogen and oxygen atoms in total. The monoisotopic (exact) mass is 558 g/mol. The molecule has 2 aliphatic rings. The van der Waals surface area contributed by atoms with Crippen molar-refractivity contribution in [3.63, 3.8) is 0 Å². The molecule has 206 valence electrons. The van der Waals surface area contributed by atoms with Gasteiger partial charge in [0.1, 0.15) is 11.6 Å². The molecule has 0 atom stereocenters. The Morgan fingerprint density at radius 1 is 1.07 bits per heavy atom. The van der Waals surface area contributed by atoms with Gasteiger partial charge in [-0.1, -0.05) is 6.07 Å². The number of fused-ring (bicyclic) bond motifs is 3. The number of pyridine rings is 3. The SMILES string of the molecule is CN(C)c1cnc2c(c1)CCCN2c1ccc2cnc(CNC(=O)c3ccc4c(c3)S(=O)(=O)CCOC4)cc2n1. The van der Waals surface area contributed by atoms with Crippen molar-refractivity contribution >= 4 is 44.0 Å². The lowest BCUT2D eigenvalue weighted by atomic mass is 10.0. The summed E-state index contributed by atoms with van der Waals surface area (Å²) >= 11 is 0. The predicted molar refractivity (Wildman–Crippen MR) is 153 cm³/mol. The summed E-state index contributed by atoms with van der Waals surface area (Å²) in [5.74, 6) is 1.27. The highest BCUT2D eigenvalue weighted by Crippen LogP contribution is 2.33. The van der Waals surface area contributed by atoms with E-state index >= 15 is 0 Å². The number of nitrogens with one attached hydrogen (secondary N) is 1. The first kappa shape index (κ1) is 26.1. The number of rotatable bonds is 5. The van der Waals surface area contributed by atoms with Crippen LogP contribution in [0.2, 0.25) is 0 Å². The topological polar surface area (TPSA) is 118 Å². The summed E-state index contributed by atoms with van der Waals surface area (Å²) < 4.78 is 30.5. The largest absolute Gasteiger partial charge is 0.376 e. The van der Waals surface area contributed by atoms with Crippen LogP contribution in [0, 0.1) is 0 Å². The molecule has 6 rings (SSSR count). The van der Waals surface area contributed by atoms with Crippen LogP contribution in [0.5, 0.6) is 0 Å². The third-order valence-corrected chi connectivity index (χ3v) is 9.02. The average molecular weight is 559 g/mol. The Kier molecular flexibility index (Phi) is 6.85. The maximum atomic E-state index is 12.9. The Labute approximate surface area is 232 Å². The minimum atomic E-state index is -3.50. The molecule has 2 aliphatic heterocycles. The molecular formula is C29H30N6O4S. The fourth-order valence-electron chi connectivity index (χ4n) is 5.05. The molecule has 1 N–H and O–H groups in total. The molecule has 0 unspecified atom stereocenters. The number of benzene rings is 1. The number of amides is 1. The predicted octanol–water partition coefficient (Wildman–Crippen LogP) is 3.41. The quantitative estimate of drug-likeness (QED) is 0.393. The van der Waals surface area contributed by atoms with E-state index in [0.717, 1.165) is 47.6 Å². The van der Waals surface area contributed by atoms with E-state index in [-0.39, 0.29) is 41.9 Å². The van der Waals surface area contributed by atoms with Gasteiger partial charge in [0.05, 0.1) is 53.5 Å². The molecule has 5 heterocycles. The summed E-state index contributed by atoms with van der Waals surface area (Å²) in [5, 5.41) is 3.75. The lowest BCUT2D eigenvalue weighted by Crippen LogP contribution is -2.27. The zero-order valence-electron chi connectivity index (χ0n) is 22.4. The van der Waals surface area contributed by atoms with Crippen molar-refractivity contribution in [2.45, 2.75) is 30.9 Å². The molecule has 40 heavy (non-hydrogen) atoms. The first-order chi connectivity index (χ1) is 19.3. The second kappa shape index (κ2) is 10.5. The molecule has 0 saturated carbocycles. The Balaban J connectivity index is 1.21. The van der Waals surface area contributed by atoms with Crippen LogP contribution in [0.3, 0.4) is 0 Å². The van der Waals surface area contributed by atoms with Crippen molar-refractivity contribution in [1.29, 1.82) is 0 Å². The van der Waals surface area contributed by atoms with Crippen molar-refractivity contribution in [2.24, 2.45) is 0 Å². The third-order valence-electron chi connectivity index (χ3n) is 7.27. The van der Waals surface area contributed by atoms with Crippen LogP contribution in [-0.4, -0.2) is 62.3 Å². The van der Waals surface area contributed by atoms with Crippen LogP contribution >= 0.6 is 0 Å². The standard InChI is InChI=1S/C29H30N6O4S/c1-34(2)24-12-19-4-3-9-35(28(19)31-17-24)27-8-7-21-15-30-23(14-25(21)33-27)16-32-29(36)20-5-6-22-18-39-10-11-40(37,38)26(22)13-20/h5-8,12-15,17H,3-4,9-11,16,18H2,1-2H3,(H,32,36). The molecule has 1 amide bonds. The van der Waals surface area contributed by atoms with Crippen LogP contribution in [-0.2, 0) is 34.1 Å². The number of sulfone groups is 1. The summed E-state index contributed by atoms with van der Waals surface area (Å²) in [6, 6.07) is 12.7. The van der Waals surface area contributed by atoms with E-state index in [4.69, 9.17) is 14.7 Å². The van der Waals surface area contributed by atoms with Crippen LogP contribution in [0.1, 0.15) is 33.6 Å². The maximum absolute atomic E-state index is 12.9. The average Bonchev–Trinajstić information content (AvgIpc) is 3.11. The second-order valence-corrected chi connectivity index (χ2v) is 12.3. The van der Waals surface area contributed by atoms with Crippen LogP contribution in [0.4, 0.5) is 17.3 Å². The van der Waals surface area contributed by atoms with Crippen molar-refractivity contribution in [2.75, 3.05) is 42.8 Å². The van der Waals surface area contributed by atoms with E-state index in [1.54, 1.807) is 18.3 Å². The van der Waals surface area contributed by atoms with E-state index < -0.39 is 9.84 Å². The number of aryl methyl sites for hydroxylation is 1. The van der Waals surface area contributed by atoms with Crippen LogP contribution < -0.4 is 15.1 Å². The van der Waals surface area contributed by atoms with Gasteiger partial charge in [0.15, 0.2) is 9.84 Å². The Bertz CT molecular complexity index is 1720. The van der Waals surface area contributed by atoms with Gasteiger partial charge in [-0.15, -0.1) is 0 Å². The lowest BCUT2D eigenvalue weighted by Gasteiger charge is -2.30. The minimum Gasteiger partial charge on any atom is -0.376 e. The zero-order chi connectivity index (χ0) is 27.9. The summed E-state index contributed by atoms with van der Waals surface area (Å²) in [4.78, 5) is 31.4. The molecule has 11 heteroatoms. The Morgan fingerprint density at radius 3 is 2.80 bits per heavy atom. The van der Waals surface area contributed by atoms with Gasteiger partial charge in [0, 0.05) is 37.8 Å². The second-order valence-electron chi connectivity index (χ2n) is 10.2. The number of carbonyl (C=O) groups is 1. The van der Waals surface area contributed by atoms with Gasteiger partial charge < -0.3 is 19.9 Å². The molecule has 1 aromatic carbocycles. The molecule has 0 radical (unpaired) electrons. The Morgan fingerprint density at radius 2 is 1.95 bits per heavy atom. The molecule has 4 aromatic rings. The summed E-state index contributed by atoms with van der Waals surface area (Å²) in [5.41, 5.74) is 4.54. The van der Waals surface area contributed by atoms with Crippen molar-refractivity contribution in [3.05, 3.63) is 77.2 Å². The fourth-order valence-corrected chi connectivity index (χ4v) is 6.44. The molecule has 3 aromatic heterocycles. The smallest absolute Gasteiger partial charge is 0.251 e. The number of ether oxygens (including phenoxy) is 1. The maximum Gasteiger partial charge on any atom is 0.251 e. The van der Waals surface area contributed by atoms with Crippen LogP contribution in [0.15, 0.2) is 59.8 Å². The summed E-state index contributed by atoms with van der Waals surface area (Å²) in [6.07, 6.45) is 5.62. The molecule has 0 fully saturated rings. The molecular weight excluding hydrogens is 528 g/mol. The highest BCUT2D eigenvalue weighted by Gasteiger charge is 2.24. The Hall–Kier alpha value is -4.09. The van der Waals surface area contributed by atoms with Gasteiger partial charge in [-0.3, -0.25) is 9.78 Å². The van der Waals surface area contributed by atoms with E-state index in [0.29, 0.717) is 11.3 Å². The molecule has 0 bridgehead atoms. The van der Waals surface area contributed by atoms with Gasteiger partial charge >= 0.3 is 0 Å². The first-order valence-electron chi connectivity index (χ1n) is 13.2. The van der Waals surface area contributed by atoms with Gasteiger partial charge in [0.25, 0.3) is 5.91 Å². The van der Waals surface area contributed by atoms with Crippen molar-refractivity contribution < 1.29 is 17.9 Å². The fraction of sp³-hybridized carbons (Fsp3) is 0.310. The zero-order valence-corrected chi connectivity index (χ0v) is 23.2. The third kappa shape index (κ3) is 5.09. The van der Waals surface area contributed by atoms with Crippen molar-refractivity contribution in [3.8, 4) is 0 Å². The highest BCUT2D eigenvalue weighted by atomic mass is 32.2. The van der Waals surface area contributed by atoms with Crippen LogP contribution in [0.25, 0.3) is 10.9 Å². The summed E-state index contributed by atoms with van der Waals surface area (Å²) in [7, 11) is 0.521. The number of carbonyl (C=O) groups excluding carboxylic acids is 1. The number of hydrogen-bond donors (Lipinski definition) is 1. The number of nitrogens with zero attached hydrogens (tertiary/aromatic N) is 5. The first-order valence-corrected chi connectivity index (χ1v) is 14.8. The highest BCUT2D eigenvalue weighted by molar-refractivity contribution is 7.91. The van der Waals surface area contributed by atoms with Gasteiger partial charge in [0.2, 0.25) is 0 Å². The van der Waals surface area contributed by atoms with E-state index in [1.807, 2.05) is 38.5 Å². The van der Waals surface area contributed by atoms with E-state index in [2.05, 4.69) is 26.2 Å². The van der Waals surface area contributed by atoms with Gasteiger partial charge in [-0.05, 0) is 60.4 Å². The number of hydrogen-bond acceptors (Lipinski definition) is 9. The molecule has 0 saturated heterocycles. The summed E-state index contributed by atoms with van der Waals surface area (Å²) in [6.45, 7) is 1.36. The lowest BCUT2D eigenvalue weighted by molar-refractivity contribution is 0.0950. The minimum absolute atomic E-state index is 0.0999. The molecule has 0 aliphatic carbocycles. The number of anilines is 3.